The standard InChI is InChI=1S/C12H18O/c1-9(13)11-8-4-6-10-5-2-3-7-12(10)11/h7,10-11H,2-6,8H2,1H3. The van der Waals surface area contributed by atoms with Gasteiger partial charge in [-0.1, -0.05) is 18.1 Å². The molecule has 0 spiro atoms. The Labute approximate surface area is 80.2 Å². The highest BCUT2D eigenvalue weighted by atomic mass is 16.1. The van der Waals surface area contributed by atoms with E-state index in [-0.39, 0.29) is 0 Å². The van der Waals surface area contributed by atoms with Crippen molar-refractivity contribution >= 4 is 5.78 Å². The van der Waals surface area contributed by atoms with E-state index >= 15 is 0 Å². The van der Waals surface area contributed by atoms with E-state index < -0.39 is 0 Å². The minimum Gasteiger partial charge on any atom is -0.299 e. The molecule has 72 valence electrons. The molecule has 0 bridgehead atoms. The maximum Gasteiger partial charge on any atom is 0.136 e. The van der Waals surface area contributed by atoms with Crippen molar-refractivity contribution in [2.24, 2.45) is 11.8 Å². The molecule has 1 fully saturated rings. The predicted octanol–water partition coefficient (Wildman–Crippen LogP) is 3.10. The molecule has 0 aliphatic heterocycles. The highest BCUT2D eigenvalue weighted by molar-refractivity contribution is 5.81. The van der Waals surface area contributed by atoms with E-state index in [9.17, 15) is 4.79 Å². The minimum absolute atomic E-state index is 0.291. The highest BCUT2D eigenvalue weighted by Gasteiger charge is 2.30. The lowest BCUT2D eigenvalue weighted by Crippen LogP contribution is -2.26. The van der Waals surface area contributed by atoms with Gasteiger partial charge in [0.2, 0.25) is 0 Å². The summed E-state index contributed by atoms with van der Waals surface area (Å²) in [6, 6.07) is 0. The lowest BCUT2D eigenvalue weighted by atomic mass is 9.71. The van der Waals surface area contributed by atoms with Gasteiger partial charge in [-0.25, -0.2) is 0 Å². The van der Waals surface area contributed by atoms with Gasteiger partial charge in [-0.2, -0.15) is 0 Å². The van der Waals surface area contributed by atoms with Gasteiger partial charge in [0.1, 0.15) is 5.78 Å². The van der Waals surface area contributed by atoms with Gasteiger partial charge in [-0.15, -0.1) is 0 Å². The summed E-state index contributed by atoms with van der Waals surface area (Å²) in [5.41, 5.74) is 1.49. The molecule has 2 rings (SSSR count). The number of Topliss-reactive ketones (excluding diaryl/α,β-unsaturated/α-hetero) is 1. The lowest BCUT2D eigenvalue weighted by Gasteiger charge is -2.34. The van der Waals surface area contributed by atoms with Gasteiger partial charge in [0.25, 0.3) is 0 Å². The second-order valence-corrected chi connectivity index (χ2v) is 4.43. The number of carbonyl (C=O) groups excluding carboxylic acids is 1. The molecule has 0 aromatic carbocycles. The second-order valence-electron chi connectivity index (χ2n) is 4.43. The second kappa shape index (κ2) is 3.65. The van der Waals surface area contributed by atoms with Gasteiger partial charge < -0.3 is 0 Å². The van der Waals surface area contributed by atoms with Crippen LogP contribution in [-0.4, -0.2) is 5.78 Å². The quantitative estimate of drug-likeness (QED) is 0.564. The van der Waals surface area contributed by atoms with Crippen molar-refractivity contribution in [3.05, 3.63) is 11.6 Å². The zero-order valence-corrected chi connectivity index (χ0v) is 8.38. The van der Waals surface area contributed by atoms with E-state index in [4.69, 9.17) is 0 Å². The third-order valence-corrected chi connectivity index (χ3v) is 3.55. The van der Waals surface area contributed by atoms with E-state index in [1.807, 2.05) is 0 Å². The summed E-state index contributed by atoms with van der Waals surface area (Å²) in [7, 11) is 0. The number of allylic oxidation sites excluding steroid dienone is 2. The molecular weight excluding hydrogens is 160 g/mol. The van der Waals surface area contributed by atoms with Gasteiger partial charge in [0, 0.05) is 5.92 Å². The van der Waals surface area contributed by atoms with Crippen LogP contribution in [0.5, 0.6) is 0 Å². The van der Waals surface area contributed by atoms with E-state index in [0.717, 1.165) is 12.3 Å². The van der Waals surface area contributed by atoms with Gasteiger partial charge in [-0.3, -0.25) is 4.79 Å². The maximum atomic E-state index is 11.4. The molecule has 0 saturated heterocycles. The van der Waals surface area contributed by atoms with Crippen LogP contribution in [-0.2, 0) is 4.79 Å². The van der Waals surface area contributed by atoms with Gasteiger partial charge in [-0.05, 0) is 44.9 Å². The van der Waals surface area contributed by atoms with Crippen LogP contribution in [0.25, 0.3) is 0 Å². The average Bonchev–Trinajstić information content (AvgIpc) is 2.17. The molecule has 0 radical (unpaired) electrons. The average molecular weight is 178 g/mol. The predicted molar refractivity (Wildman–Crippen MR) is 53.4 cm³/mol. The molecule has 2 aliphatic rings. The van der Waals surface area contributed by atoms with Crippen LogP contribution in [0.4, 0.5) is 0 Å². The molecule has 13 heavy (non-hydrogen) atoms. The highest BCUT2D eigenvalue weighted by Crippen LogP contribution is 2.40. The van der Waals surface area contributed by atoms with Crippen molar-refractivity contribution < 1.29 is 4.79 Å². The summed E-state index contributed by atoms with van der Waals surface area (Å²) in [5.74, 6) is 1.44. The first-order valence-corrected chi connectivity index (χ1v) is 5.49. The largest absolute Gasteiger partial charge is 0.299 e. The molecule has 2 atom stereocenters. The minimum atomic E-state index is 0.291. The molecule has 2 aliphatic carbocycles. The third-order valence-electron chi connectivity index (χ3n) is 3.55. The van der Waals surface area contributed by atoms with Gasteiger partial charge in [0.05, 0.1) is 0 Å². The molecule has 1 nitrogen and oxygen atoms in total. The van der Waals surface area contributed by atoms with Crippen LogP contribution < -0.4 is 0 Å². The molecule has 0 aromatic rings. The summed E-state index contributed by atoms with van der Waals surface area (Å²) in [5, 5.41) is 0. The van der Waals surface area contributed by atoms with Gasteiger partial charge in [0.15, 0.2) is 0 Å². The molecule has 1 heteroatoms. The van der Waals surface area contributed by atoms with Crippen LogP contribution in [0.1, 0.15) is 45.4 Å². The summed E-state index contributed by atoms with van der Waals surface area (Å²) in [6.45, 7) is 1.75. The first-order valence-electron chi connectivity index (χ1n) is 5.49. The molecule has 0 amide bonds. The summed E-state index contributed by atoms with van der Waals surface area (Å²) < 4.78 is 0. The zero-order chi connectivity index (χ0) is 9.26. The monoisotopic (exact) mass is 178 g/mol. The van der Waals surface area contributed by atoms with Crippen molar-refractivity contribution in [2.45, 2.75) is 45.4 Å². The van der Waals surface area contributed by atoms with E-state index in [0.29, 0.717) is 11.7 Å². The third kappa shape index (κ3) is 1.70. The smallest absolute Gasteiger partial charge is 0.136 e. The molecule has 0 N–H and O–H groups in total. The number of hydrogen-bond donors (Lipinski definition) is 0. The summed E-state index contributed by atoms with van der Waals surface area (Å²) in [4.78, 5) is 11.4. The van der Waals surface area contributed by atoms with E-state index in [2.05, 4.69) is 6.08 Å². The van der Waals surface area contributed by atoms with Gasteiger partial charge >= 0.3 is 0 Å². The van der Waals surface area contributed by atoms with E-state index in [1.54, 1.807) is 6.92 Å². The molecule has 0 aromatic heterocycles. The fraction of sp³-hybridized carbons (Fsp3) is 0.750. The van der Waals surface area contributed by atoms with Crippen molar-refractivity contribution in [2.75, 3.05) is 0 Å². The van der Waals surface area contributed by atoms with Crippen molar-refractivity contribution in [1.82, 2.24) is 0 Å². The number of carbonyl (C=O) groups is 1. The number of hydrogen-bond acceptors (Lipinski definition) is 1. The molecular formula is C12H18O. The first-order chi connectivity index (χ1) is 6.29. The van der Waals surface area contributed by atoms with Crippen LogP contribution in [0, 0.1) is 11.8 Å². The first kappa shape index (κ1) is 8.98. The Morgan fingerprint density at radius 2 is 2.08 bits per heavy atom. The fourth-order valence-corrected chi connectivity index (χ4v) is 2.88. The Morgan fingerprint density at radius 1 is 1.31 bits per heavy atom. The van der Waals surface area contributed by atoms with Crippen molar-refractivity contribution in [3.63, 3.8) is 0 Å². The Hall–Kier alpha value is -0.590. The normalized spacial score (nSPS) is 33.5. The Morgan fingerprint density at radius 3 is 2.85 bits per heavy atom. The van der Waals surface area contributed by atoms with Crippen molar-refractivity contribution in [3.8, 4) is 0 Å². The Balaban J connectivity index is 2.19. The van der Waals surface area contributed by atoms with Crippen LogP contribution in [0.3, 0.4) is 0 Å². The van der Waals surface area contributed by atoms with Crippen LogP contribution in [0.2, 0.25) is 0 Å². The Bertz CT molecular complexity index is 240. The zero-order valence-electron chi connectivity index (χ0n) is 8.38. The summed E-state index contributed by atoms with van der Waals surface area (Å²) in [6.07, 6.45) is 9.91. The maximum absolute atomic E-state index is 11.4. The summed E-state index contributed by atoms with van der Waals surface area (Å²) >= 11 is 0. The lowest BCUT2D eigenvalue weighted by molar-refractivity contribution is -0.120. The molecule has 2 unspecified atom stereocenters. The van der Waals surface area contributed by atoms with Crippen LogP contribution >= 0.6 is 0 Å². The van der Waals surface area contributed by atoms with Crippen molar-refractivity contribution in [1.29, 1.82) is 0 Å². The molecule has 0 heterocycles. The topological polar surface area (TPSA) is 17.1 Å². The number of rotatable bonds is 1. The van der Waals surface area contributed by atoms with E-state index in [1.165, 1.54) is 37.7 Å². The van der Waals surface area contributed by atoms with Crippen LogP contribution in [0.15, 0.2) is 11.6 Å². The Kier molecular flexibility index (Phi) is 2.52. The number of fused-ring (bicyclic) bond motifs is 1. The molecule has 1 saturated carbocycles. The fourth-order valence-electron chi connectivity index (χ4n) is 2.88. The SMILES string of the molecule is CC(=O)C1CCCC2CCCC=C21. The number of ketones is 1.